The third-order valence-electron chi connectivity index (χ3n) is 0.972. The predicted octanol–water partition coefficient (Wildman–Crippen LogP) is 0.598. The first-order chi connectivity index (χ1) is 4.57. The van der Waals surface area contributed by atoms with Gasteiger partial charge in [-0.3, -0.25) is 4.84 Å². The van der Waals surface area contributed by atoms with Gasteiger partial charge in [0, 0.05) is 13.1 Å². The Morgan fingerprint density at radius 1 is 1.60 bits per heavy atom. The molecule has 0 saturated carbocycles. The largest absolute Gasteiger partial charge is 0.341 e. The molecule has 4 nitrogen and oxygen atoms in total. The van der Waals surface area contributed by atoms with E-state index in [1.54, 1.807) is 7.05 Å². The molecule has 0 saturated heterocycles. The van der Waals surface area contributed by atoms with Gasteiger partial charge in [-0.25, -0.2) is 9.86 Å². The van der Waals surface area contributed by atoms with Crippen LogP contribution in [0.25, 0.3) is 0 Å². The Morgan fingerprint density at radius 2 is 2.10 bits per heavy atom. The van der Waals surface area contributed by atoms with E-state index in [2.05, 4.69) is 10.2 Å². The van der Waals surface area contributed by atoms with Gasteiger partial charge in [-0.1, -0.05) is 0 Å². The number of carbonyl (C=O) groups excluding carboxylic acids is 1. The molecule has 0 aliphatic heterocycles. The summed E-state index contributed by atoms with van der Waals surface area (Å²) in [4.78, 5) is 15.5. The number of nitrogens with zero attached hydrogens (tertiary/aromatic N) is 1. The maximum Gasteiger partial charge on any atom is 0.341 e. The van der Waals surface area contributed by atoms with Crippen molar-refractivity contribution >= 4 is 6.03 Å². The summed E-state index contributed by atoms with van der Waals surface area (Å²) in [5.74, 6) is 0. The average Bonchev–Trinajstić information content (AvgIpc) is 1.85. The summed E-state index contributed by atoms with van der Waals surface area (Å²) < 4.78 is 0. The highest BCUT2D eigenvalue weighted by molar-refractivity contribution is 5.72. The van der Waals surface area contributed by atoms with Crippen molar-refractivity contribution in [3.63, 3.8) is 0 Å². The minimum atomic E-state index is -0.225. The van der Waals surface area contributed by atoms with Crippen LogP contribution in [0.1, 0.15) is 13.8 Å². The van der Waals surface area contributed by atoms with Gasteiger partial charge < -0.3 is 5.32 Å². The van der Waals surface area contributed by atoms with Crippen molar-refractivity contribution in [1.29, 1.82) is 0 Å². The van der Waals surface area contributed by atoms with Crippen LogP contribution in [0.15, 0.2) is 0 Å². The monoisotopic (exact) mass is 146 g/mol. The number of rotatable bonds is 2. The molecule has 0 fully saturated rings. The SMILES string of the molecule is CON(C)C(=O)NC(C)C. The van der Waals surface area contributed by atoms with E-state index in [9.17, 15) is 4.79 Å². The standard InChI is InChI=1S/C6H14N2O2/c1-5(2)7-6(9)8(3)10-4/h5H,1-4H3,(H,7,9). The molecule has 0 aromatic heterocycles. The fraction of sp³-hybridized carbons (Fsp3) is 0.833. The lowest BCUT2D eigenvalue weighted by atomic mass is 10.4. The van der Waals surface area contributed by atoms with Crippen molar-refractivity contribution in [1.82, 2.24) is 10.4 Å². The summed E-state index contributed by atoms with van der Waals surface area (Å²) in [6.45, 7) is 3.78. The molecule has 0 aromatic carbocycles. The molecular formula is C6H14N2O2. The van der Waals surface area contributed by atoms with Crippen molar-refractivity contribution in [2.75, 3.05) is 14.2 Å². The molecule has 0 rings (SSSR count). The molecule has 2 amide bonds. The lowest BCUT2D eigenvalue weighted by molar-refractivity contribution is -0.0652. The maximum atomic E-state index is 10.9. The first kappa shape index (κ1) is 9.23. The van der Waals surface area contributed by atoms with E-state index >= 15 is 0 Å². The Hall–Kier alpha value is -0.770. The third kappa shape index (κ3) is 3.29. The van der Waals surface area contributed by atoms with Crippen LogP contribution in [-0.4, -0.2) is 31.3 Å². The van der Waals surface area contributed by atoms with Crippen LogP contribution in [0.2, 0.25) is 0 Å². The van der Waals surface area contributed by atoms with Crippen molar-refractivity contribution in [2.24, 2.45) is 0 Å². The van der Waals surface area contributed by atoms with Crippen molar-refractivity contribution in [2.45, 2.75) is 19.9 Å². The van der Waals surface area contributed by atoms with Crippen molar-refractivity contribution < 1.29 is 9.63 Å². The summed E-state index contributed by atoms with van der Waals surface area (Å²) in [5.41, 5.74) is 0. The number of carbonyl (C=O) groups is 1. The molecule has 0 radical (unpaired) electrons. The summed E-state index contributed by atoms with van der Waals surface area (Å²) in [6.07, 6.45) is 0. The third-order valence-corrected chi connectivity index (χ3v) is 0.972. The molecule has 10 heavy (non-hydrogen) atoms. The molecule has 0 aromatic rings. The molecule has 1 N–H and O–H groups in total. The zero-order valence-corrected chi connectivity index (χ0v) is 6.84. The van der Waals surface area contributed by atoms with Crippen LogP contribution in [0, 0.1) is 0 Å². The number of urea groups is 1. The smallest absolute Gasteiger partial charge is 0.334 e. The normalized spacial score (nSPS) is 9.70. The molecule has 0 spiro atoms. The molecular weight excluding hydrogens is 132 g/mol. The van der Waals surface area contributed by atoms with Crippen LogP contribution < -0.4 is 5.32 Å². The minimum Gasteiger partial charge on any atom is -0.334 e. The van der Waals surface area contributed by atoms with Crippen molar-refractivity contribution in [3.8, 4) is 0 Å². The number of hydrogen-bond donors (Lipinski definition) is 1. The summed E-state index contributed by atoms with van der Waals surface area (Å²) in [6, 6.07) is -0.0809. The lowest BCUT2D eigenvalue weighted by Gasteiger charge is -2.16. The molecule has 0 unspecified atom stereocenters. The number of nitrogens with one attached hydrogen (secondary N) is 1. The van der Waals surface area contributed by atoms with E-state index in [1.165, 1.54) is 7.11 Å². The van der Waals surface area contributed by atoms with Gasteiger partial charge in [0.1, 0.15) is 0 Å². The summed E-state index contributed by atoms with van der Waals surface area (Å²) >= 11 is 0. The van der Waals surface area contributed by atoms with Gasteiger partial charge in [0.15, 0.2) is 0 Å². The quantitative estimate of drug-likeness (QED) is 0.579. The van der Waals surface area contributed by atoms with Crippen LogP contribution in [0.4, 0.5) is 4.79 Å². The molecule has 0 heterocycles. The van der Waals surface area contributed by atoms with Crippen LogP contribution >= 0.6 is 0 Å². The van der Waals surface area contributed by atoms with Crippen molar-refractivity contribution in [3.05, 3.63) is 0 Å². The molecule has 0 aliphatic carbocycles. The van der Waals surface area contributed by atoms with Crippen LogP contribution in [0.5, 0.6) is 0 Å². The molecule has 0 aliphatic rings. The summed E-state index contributed by atoms with van der Waals surface area (Å²) in [7, 11) is 3.00. The highest BCUT2D eigenvalue weighted by Crippen LogP contribution is 1.85. The number of hydrogen-bond acceptors (Lipinski definition) is 2. The first-order valence-corrected chi connectivity index (χ1v) is 3.16. The van der Waals surface area contributed by atoms with Gasteiger partial charge >= 0.3 is 6.03 Å². The van der Waals surface area contributed by atoms with E-state index in [1.807, 2.05) is 13.8 Å². The Bertz CT molecular complexity index is 114. The zero-order chi connectivity index (χ0) is 8.15. The molecule has 4 heteroatoms. The maximum absolute atomic E-state index is 10.9. The van der Waals surface area contributed by atoms with Gasteiger partial charge in [-0.05, 0) is 13.8 Å². The van der Waals surface area contributed by atoms with Gasteiger partial charge in [0.25, 0.3) is 0 Å². The van der Waals surface area contributed by atoms with E-state index in [-0.39, 0.29) is 12.1 Å². The van der Waals surface area contributed by atoms with Gasteiger partial charge in [0.2, 0.25) is 0 Å². The van der Waals surface area contributed by atoms with E-state index in [4.69, 9.17) is 0 Å². The van der Waals surface area contributed by atoms with E-state index in [0.717, 1.165) is 5.06 Å². The highest BCUT2D eigenvalue weighted by atomic mass is 16.7. The van der Waals surface area contributed by atoms with E-state index in [0.29, 0.717) is 0 Å². The fourth-order valence-electron chi connectivity index (χ4n) is 0.421. The Kier molecular flexibility index (Phi) is 3.79. The molecule has 60 valence electrons. The van der Waals surface area contributed by atoms with E-state index < -0.39 is 0 Å². The summed E-state index contributed by atoms with van der Waals surface area (Å²) in [5, 5.41) is 3.79. The van der Waals surface area contributed by atoms with Gasteiger partial charge in [-0.2, -0.15) is 0 Å². The van der Waals surface area contributed by atoms with Crippen LogP contribution in [0.3, 0.4) is 0 Å². The zero-order valence-electron chi connectivity index (χ0n) is 6.84. The molecule has 0 bridgehead atoms. The lowest BCUT2D eigenvalue weighted by Crippen LogP contribution is -2.40. The van der Waals surface area contributed by atoms with Crippen LogP contribution in [-0.2, 0) is 4.84 Å². The fourth-order valence-corrected chi connectivity index (χ4v) is 0.421. The Labute approximate surface area is 61.1 Å². The minimum absolute atomic E-state index is 0.144. The molecule has 0 atom stereocenters. The predicted molar refractivity (Wildman–Crippen MR) is 38.4 cm³/mol. The second-order valence-corrected chi connectivity index (χ2v) is 2.28. The first-order valence-electron chi connectivity index (χ1n) is 3.16. The highest BCUT2D eigenvalue weighted by Gasteiger charge is 2.06. The second-order valence-electron chi connectivity index (χ2n) is 2.28. The average molecular weight is 146 g/mol. The number of hydroxylamine groups is 2. The Morgan fingerprint density at radius 3 is 2.40 bits per heavy atom. The number of amides is 2. The Balaban J connectivity index is 3.62. The van der Waals surface area contributed by atoms with Gasteiger partial charge in [-0.15, -0.1) is 0 Å². The second kappa shape index (κ2) is 4.11. The van der Waals surface area contributed by atoms with Gasteiger partial charge in [0.05, 0.1) is 7.11 Å². The topological polar surface area (TPSA) is 41.6 Å².